The Morgan fingerprint density at radius 2 is 1.60 bits per heavy atom. The summed E-state index contributed by atoms with van der Waals surface area (Å²) in [6.45, 7) is 5.41. The highest BCUT2D eigenvalue weighted by Gasteiger charge is 2.57. The number of nitrogens with zero attached hydrogens (tertiary/aromatic N) is 1. The van der Waals surface area contributed by atoms with E-state index in [-0.39, 0.29) is 5.78 Å². The molecule has 0 saturated carbocycles. The maximum Gasteiger partial charge on any atom is 0.323 e. The lowest BCUT2D eigenvalue weighted by Gasteiger charge is -2.31. The minimum absolute atomic E-state index is 0.262. The summed E-state index contributed by atoms with van der Waals surface area (Å²) in [5.74, 6) is -1.01. The number of hydrogen-bond donors (Lipinski definition) is 2. The van der Waals surface area contributed by atoms with Crippen molar-refractivity contribution in [3.8, 4) is 5.75 Å². The predicted octanol–water partition coefficient (Wildman–Crippen LogP) is 6.59. The number of amides is 3. The summed E-state index contributed by atoms with van der Waals surface area (Å²) in [6, 6.07) is 20.5. The molecule has 0 bridgehead atoms. The number of carbonyl (C=O) groups excluding carboxylic acids is 3. The fraction of sp³-hybridized carbons (Fsp3) is 0.242. The second-order valence-electron chi connectivity index (χ2n) is 10.6. The van der Waals surface area contributed by atoms with Crippen LogP contribution in [0.3, 0.4) is 0 Å². The van der Waals surface area contributed by atoms with Crippen LogP contribution in [0.5, 0.6) is 5.75 Å². The summed E-state index contributed by atoms with van der Waals surface area (Å²) in [7, 11) is 1.56. The van der Waals surface area contributed by atoms with Gasteiger partial charge in [-0.3, -0.25) is 9.59 Å². The first kappa shape index (κ1) is 29.0. The number of aryl methyl sites for hydroxylation is 3. The first-order valence-corrected chi connectivity index (χ1v) is 13.9. The van der Waals surface area contributed by atoms with E-state index in [1.54, 1.807) is 81.6 Å². The van der Waals surface area contributed by atoms with Crippen molar-refractivity contribution < 1.29 is 23.5 Å². The van der Waals surface area contributed by atoms with Gasteiger partial charge in [-0.05, 0) is 79.9 Å². The molecule has 9 heteroatoms. The summed E-state index contributed by atoms with van der Waals surface area (Å²) in [4.78, 5) is 43.5. The number of urea groups is 1. The number of halogens is 1. The molecular weight excluding hydrogens is 554 g/mol. The van der Waals surface area contributed by atoms with Crippen LogP contribution in [0.2, 0.25) is 5.02 Å². The molecule has 3 N–H and O–H groups in total. The monoisotopic (exact) mass is 585 g/mol. The molecule has 216 valence electrons. The SMILES string of the molecule is COc1ccc(C2C(C(=O)c3cc(C)oc3C)C(c3ccc(Cl)cc3)N(C(=O)Nc3cccc(C)c3)C2C(N)=O)cc1. The number of primary amides is 1. The van der Waals surface area contributed by atoms with Gasteiger partial charge in [-0.15, -0.1) is 0 Å². The highest BCUT2D eigenvalue weighted by Crippen LogP contribution is 2.52. The largest absolute Gasteiger partial charge is 0.497 e. The number of anilines is 1. The average molecular weight is 586 g/mol. The lowest BCUT2D eigenvalue weighted by Crippen LogP contribution is -2.48. The van der Waals surface area contributed by atoms with Crippen molar-refractivity contribution in [2.24, 2.45) is 11.7 Å². The Morgan fingerprint density at radius 1 is 0.929 bits per heavy atom. The van der Waals surface area contributed by atoms with Crippen molar-refractivity contribution in [2.45, 2.75) is 38.8 Å². The molecular formula is C33H32ClN3O5. The molecule has 8 nitrogen and oxygen atoms in total. The number of nitrogens with two attached hydrogens (primary N) is 1. The van der Waals surface area contributed by atoms with Gasteiger partial charge in [-0.1, -0.05) is 48.0 Å². The molecule has 3 amide bonds. The number of ketones is 1. The van der Waals surface area contributed by atoms with Gasteiger partial charge >= 0.3 is 6.03 Å². The Labute approximate surface area is 249 Å². The summed E-state index contributed by atoms with van der Waals surface area (Å²) in [5, 5.41) is 3.42. The van der Waals surface area contributed by atoms with Crippen molar-refractivity contribution in [2.75, 3.05) is 12.4 Å². The van der Waals surface area contributed by atoms with Crippen molar-refractivity contribution in [3.63, 3.8) is 0 Å². The topological polar surface area (TPSA) is 115 Å². The van der Waals surface area contributed by atoms with E-state index in [0.29, 0.717) is 44.7 Å². The number of methoxy groups -OCH3 is 1. The second-order valence-corrected chi connectivity index (χ2v) is 11.0. The van der Waals surface area contributed by atoms with Crippen LogP contribution in [0.15, 0.2) is 83.3 Å². The minimum atomic E-state index is -1.16. The molecule has 1 fully saturated rings. The van der Waals surface area contributed by atoms with Crippen LogP contribution in [0, 0.1) is 26.7 Å². The van der Waals surface area contributed by atoms with E-state index in [9.17, 15) is 14.4 Å². The smallest absolute Gasteiger partial charge is 0.323 e. The summed E-state index contributed by atoms with van der Waals surface area (Å²) < 4.78 is 11.1. The van der Waals surface area contributed by atoms with Gasteiger partial charge in [0.1, 0.15) is 23.3 Å². The lowest BCUT2D eigenvalue weighted by atomic mass is 9.76. The Kier molecular flexibility index (Phi) is 8.09. The molecule has 1 aliphatic rings. The van der Waals surface area contributed by atoms with Gasteiger partial charge in [0, 0.05) is 16.6 Å². The van der Waals surface area contributed by atoms with Crippen LogP contribution in [0.25, 0.3) is 0 Å². The maximum atomic E-state index is 14.6. The Bertz CT molecular complexity index is 1630. The average Bonchev–Trinajstić information content (AvgIpc) is 3.50. The zero-order chi connectivity index (χ0) is 30.1. The molecule has 4 aromatic rings. The van der Waals surface area contributed by atoms with E-state index in [2.05, 4.69) is 5.32 Å². The van der Waals surface area contributed by atoms with Crippen molar-refractivity contribution in [1.29, 1.82) is 0 Å². The molecule has 0 spiro atoms. The van der Waals surface area contributed by atoms with E-state index < -0.39 is 35.9 Å². The number of benzene rings is 3. The first-order chi connectivity index (χ1) is 20.1. The molecule has 1 aromatic heterocycles. The summed E-state index contributed by atoms with van der Waals surface area (Å²) >= 11 is 6.23. The molecule has 42 heavy (non-hydrogen) atoms. The number of Topliss-reactive ketones (excluding diaryl/α,β-unsaturated/α-hetero) is 1. The minimum Gasteiger partial charge on any atom is -0.497 e. The van der Waals surface area contributed by atoms with Crippen LogP contribution in [-0.2, 0) is 4.79 Å². The Balaban J connectivity index is 1.73. The number of likely N-dealkylation sites (tertiary alicyclic amines) is 1. The van der Waals surface area contributed by atoms with Crippen LogP contribution >= 0.6 is 11.6 Å². The van der Waals surface area contributed by atoms with Gasteiger partial charge in [0.05, 0.1) is 24.6 Å². The maximum absolute atomic E-state index is 14.6. The van der Waals surface area contributed by atoms with Crippen LogP contribution < -0.4 is 15.8 Å². The van der Waals surface area contributed by atoms with Gasteiger partial charge in [0.25, 0.3) is 0 Å². The van der Waals surface area contributed by atoms with Crippen molar-refractivity contribution >= 4 is 35.0 Å². The molecule has 5 rings (SSSR count). The van der Waals surface area contributed by atoms with Gasteiger partial charge < -0.3 is 25.1 Å². The molecule has 4 atom stereocenters. The molecule has 3 aromatic carbocycles. The van der Waals surface area contributed by atoms with E-state index in [0.717, 1.165) is 5.56 Å². The predicted molar refractivity (Wildman–Crippen MR) is 161 cm³/mol. The van der Waals surface area contributed by atoms with E-state index in [4.69, 9.17) is 26.5 Å². The van der Waals surface area contributed by atoms with Gasteiger partial charge in [-0.25, -0.2) is 4.79 Å². The van der Waals surface area contributed by atoms with Gasteiger partial charge in [0.15, 0.2) is 5.78 Å². The van der Waals surface area contributed by atoms with Gasteiger partial charge in [0.2, 0.25) is 5.91 Å². The zero-order valence-corrected chi connectivity index (χ0v) is 24.5. The number of ether oxygens (including phenoxy) is 1. The molecule has 1 saturated heterocycles. The first-order valence-electron chi connectivity index (χ1n) is 13.5. The van der Waals surface area contributed by atoms with Crippen LogP contribution in [0.4, 0.5) is 10.5 Å². The number of rotatable bonds is 7. The number of carbonyl (C=O) groups is 3. The van der Waals surface area contributed by atoms with E-state index in [1.165, 1.54) is 4.90 Å². The normalized spacial score (nSPS) is 19.9. The van der Waals surface area contributed by atoms with Crippen molar-refractivity contribution in [3.05, 3.63) is 118 Å². The van der Waals surface area contributed by atoms with E-state index >= 15 is 0 Å². The second kappa shape index (κ2) is 11.7. The molecule has 0 aliphatic carbocycles. The standard InChI is InChI=1S/C33H32ClN3O5/c1-18-6-5-7-24(16-18)36-33(40)37-29(22-8-12-23(34)13-9-22)28(31(38)26-17-19(2)42-20(26)3)27(30(37)32(35)39)21-10-14-25(41-4)15-11-21/h5-17,27-30H,1-4H3,(H2,35,39)(H,36,40). The third kappa shape index (κ3) is 5.50. The zero-order valence-electron chi connectivity index (χ0n) is 23.8. The number of furan rings is 1. The number of nitrogens with one attached hydrogen (secondary N) is 1. The van der Waals surface area contributed by atoms with Crippen LogP contribution in [0.1, 0.15) is 50.5 Å². The molecule has 4 unspecified atom stereocenters. The third-order valence-electron chi connectivity index (χ3n) is 7.78. The quantitative estimate of drug-likeness (QED) is 0.237. The molecule has 2 heterocycles. The summed E-state index contributed by atoms with van der Waals surface area (Å²) in [5.41, 5.74) is 9.28. The summed E-state index contributed by atoms with van der Waals surface area (Å²) in [6.07, 6.45) is 0. The van der Waals surface area contributed by atoms with Crippen LogP contribution in [-0.4, -0.2) is 35.8 Å². The number of hydrogen-bond acceptors (Lipinski definition) is 5. The lowest BCUT2D eigenvalue weighted by molar-refractivity contribution is -0.122. The highest BCUT2D eigenvalue weighted by molar-refractivity contribution is 6.30. The molecule has 1 aliphatic heterocycles. The Morgan fingerprint density at radius 3 is 2.17 bits per heavy atom. The van der Waals surface area contributed by atoms with Gasteiger partial charge in [-0.2, -0.15) is 0 Å². The fourth-order valence-corrected chi connectivity index (χ4v) is 6.12. The third-order valence-corrected chi connectivity index (χ3v) is 8.04. The highest BCUT2D eigenvalue weighted by atomic mass is 35.5. The fourth-order valence-electron chi connectivity index (χ4n) is 5.99. The molecule has 0 radical (unpaired) electrons. The van der Waals surface area contributed by atoms with E-state index in [1.807, 2.05) is 25.1 Å². The van der Waals surface area contributed by atoms with Crippen molar-refractivity contribution in [1.82, 2.24) is 4.90 Å². The Hall–Kier alpha value is -4.56.